The number of carbonyl (C=O) groups excluding carboxylic acids is 1. The average Bonchev–Trinajstić information content (AvgIpc) is 3.58. The number of aliphatic imine (C=N–C) groups is 1. The van der Waals surface area contributed by atoms with Crippen LogP contribution in [0.5, 0.6) is 0 Å². The zero-order valence-corrected chi connectivity index (χ0v) is 19.6. The Kier molecular flexibility index (Phi) is 6.86. The first-order valence-electron chi connectivity index (χ1n) is 11.7. The normalized spacial score (nSPS) is 24.7. The van der Waals surface area contributed by atoms with E-state index >= 15 is 0 Å². The van der Waals surface area contributed by atoms with Gasteiger partial charge in [-0.15, -0.1) is 0 Å². The molecule has 3 aliphatic rings. The zero-order valence-electron chi connectivity index (χ0n) is 18.8. The van der Waals surface area contributed by atoms with Gasteiger partial charge in [0.05, 0.1) is 5.70 Å². The maximum Gasteiger partial charge on any atom is 0.230 e. The molecule has 1 saturated heterocycles. The summed E-state index contributed by atoms with van der Waals surface area (Å²) >= 11 is 6.07. The van der Waals surface area contributed by atoms with Gasteiger partial charge in [0, 0.05) is 42.2 Å². The van der Waals surface area contributed by atoms with Gasteiger partial charge in [-0.1, -0.05) is 30.7 Å². The van der Waals surface area contributed by atoms with E-state index in [-0.39, 0.29) is 11.8 Å². The van der Waals surface area contributed by atoms with E-state index in [0.717, 1.165) is 62.5 Å². The molecule has 0 radical (unpaired) electrons. The van der Waals surface area contributed by atoms with Crippen molar-refractivity contribution in [2.75, 3.05) is 24.5 Å². The second-order valence-corrected chi connectivity index (χ2v) is 9.96. The fourth-order valence-electron chi connectivity index (χ4n) is 4.68. The topological polar surface area (TPSA) is 35.9 Å². The molecular weight excluding hydrogens is 406 g/mol. The minimum absolute atomic E-state index is 0.0699. The summed E-state index contributed by atoms with van der Waals surface area (Å²) in [5.41, 5.74) is 3.16. The Labute approximate surface area is 191 Å². The molecule has 2 heterocycles. The van der Waals surface area contributed by atoms with Crippen molar-refractivity contribution in [2.45, 2.75) is 52.4 Å². The fraction of sp³-hybridized carbons (Fsp3) is 0.538. The number of likely N-dealkylation sites (tertiary alicyclic amines) is 1. The van der Waals surface area contributed by atoms with Crippen LogP contribution in [-0.4, -0.2) is 36.3 Å². The fourth-order valence-corrected chi connectivity index (χ4v) is 4.81. The Morgan fingerprint density at radius 3 is 2.48 bits per heavy atom. The van der Waals surface area contributed by atoms with E-state index in [1.165, 1.54) is 18.4 Å². The first-order chi connectivity index (χ1) is 14.9. The minimum atomic E-state index is 0.0699. The largest absolute Gasteiger partial charge is 0.360 e. The number of rotatable bonds is 4. The third-order valence-electron chi connectivity index (χ3n) is 6.79. The Morgan fingerprint density at radius 2 is 1.84 bits per heavy atom. The molecule has 0 N–H and O–H groups in total. The zero-order chi connectivity index (χ0) is 22.0. The summed E-state index contributed by atoms with van der Waals surface area (Å²) in [6.07, 6.45) is 8.51. The van der Waals surface area contributed by atoms with Crippen LogP contribution in [0.15, 0.2) is 53.2 Å². The van der Waals surface area contributed by atoms with Crippen LogP contribution in [0.3, 0.4) is 0 Å². The van der Waals surface area contributed by atoms with E-state index in [2.05, 4.69) is 31.4 Å². The molecule has 1 atom stereocenters. The van der Waals surface area contributed by atoms with Gasteiger partial charge in [-0.05, 0) is 81.7 Å². The van der Waals surface area contributed by atoms with E-state index < -0.39 is 0 Å². The standard InChI is InChI=1S/C26H34ClN3O/c1-18-4-5-19(2)25(28-20(3)16-18)29-14-12-22(13-15-29)26(31)30(17-21-6-7-21)24-10-8-23(27)9-11-24/h8-11,16,19,21-22H,3-7,12-15,17H2,1-2H3/b18-16-,28-25?. The molecule has 1 aromatic rings. The van der Waals surface area contributed by atoms with Gasteiger partial charge in [0.1, 0.15) is 5.84 Å². The molecule has 1 aromatic carbocycles. The van der Waals surface area contributed by atoms with E-state index in [4.69, 9.17) is 16.6 Å². The van der Waals surface area contributed by atoms with Gasteiger partial charge in [0.2, 0.25) is 5.91 Å². The third kappa shape index (κ3) is 5.60. The molecule has 2 fully saturated rings. The van der Waals surface area contributed by atoms with Gasteiger partial charge in [-0.25, -0.2) is 4.99 Å². The third-order valence-corrected chi connectivity index (χ3v) is 7.05. The Balaban J connectivity index is 1.43. The number of amides is 1. The van der Waals surface area contributed by atoms with Gasteiger partial charge in [0.25, 0.3) is 0 Å². The van der Waals surface area contributed by atoms with Gasteiger partial charge >= 0.3 is 0 Å². The molecule has 1 amide bonds. The Morgan fingerprint density at radius 1 is 1.16 bits per heavy atom. The van der Waals surface area contributed by atoms with Crippen molar-refractivity contribution in [3.05, 3.63) is 53.2 Å². The van der Waals surface area contributed by atoms with Crippen LogP contribution in [0.2, 0.25) is 5.02 Å². The maximum atomic E-state index is 13.5. The molecule has 4 rings (SSSR count). The first-order valence-corrected chi connectivity index (χ1v) is 12.0. The number of halogens is 1. The monoisotopic (exact) mass is 439 g/mol. The quantitative estimate of drug-likeness (QED) is 0.569. The van der Waals surface area contributed by atoms with E-state index in [1.807, 2.05) is 29.2 Å². The molecule has 5 heteroatoms. The number of hydrogen-bond acceptors (Lipinski definition) is 3. The summed E-state index contributed by atoms with van der Waals surface area (Å²) in [6.45, 7) is 11.1. The highest BCUT2D eigenvalue weighted by Gasteiger charge is 2.34. The van der Waals surface area contributed by atoms with Crippen LogP contribution >= 0.6 is 11.6 Å². The number of benzene rings is 1. The number of amidine groups is 1. The lowest BCUT2D eigenvalue weighted by molar-refractivity contribution is -0.123. The molecule has 4 nitrogen and oxygen atoms in total. The van der Waals surface area contributed by atoms with Gasteiger partial charge < -0.3 is 9.80 Å². The van der Waals surface area contributed by atoms with Crippen molar-refractivity contribution in [3.63, 3.8) is 0 Å². The SMILES string of the molecule is C=C1/C=C(/C)CCC(C)C(N2CCC(C(=O)N(CC3CC3)c3ccc(Cl)cc3)CC2)=N1. The lowest BCUT2D eigenvalue weighted by atomic mass is 9.92. The molecular formula is C26H34ClN3O. The van der Waals surface area contributed by atoms with E-state index in [1.54, 1.807) is 0 Å². The summed E-state index contributed by atoms with van der Waals surface area (Å²) in [6, 6.07) is 7.71. The second kappa shape index (κ2) is 9.60. The summed E-state index contributed by atoms with van der Waals surface area (Å²) in [7, 11) is 0. The van der Waals surface area contributed by atoms with Crippen molar-refractivity contribution in [1.82, 2.24) is 4.90 Å². The predicted octanol–water partition coefficient (Wildman–Crippen LogP) is 6.08. The van der Waals surface area contributed by atoms with Crippen molar-refractivity contribution in [1.29, 1.82) is 0 Å². The Bertz CT molecular complexity index is 876. The van der Waals surface area contributed by atoms with Crippen LogP contribution in [0, 0.1) is 17.8 Å². The number of carbonyl (C=O) groups is 1. The van der Waals surface area contributed by atoms with Crippen molar-refractivity contribution in [2.24, 2.45) is 22.7 Å². The molecule has 0 spiro atoms. The molecule has 1 unspecified atom stereocenters. The Hall–Kier alpha value is -2.07. The molecule has 166 valence electrons. The van der Waals surface area contributed by atoms with E-state index in [0.29, 0.717) is 16.9 Å². The van der Waals surface area contributed by atoms with E-state index in [9.17, 15) is 4.79 Å². The maximum absolute atomic E-state index is 13.5. The lowest BCUT2D eigenvalue weighted by Crippen LogP contribution is -2.46. The number of hydrogen-bond donors (Lipinski definition) is 0. The number of nitrogens with zero attached hydrogens (tertiary/aromatic N) is 3. The molecule has 2 aliphatic heterocycles. The smallest absolute Gasteiger partial charge is 0.230 e. The second-order valence-electron chi connectivity index (χ2n) is 9.52. The minimum Gasteiger partial charge on any atom is -0.360 e. The van der Waals surface area contributed by atoms with Gasteiger partial charge in [-0.3, -0.25) is 4.79 Å². The summed E-state index contributed by atoms with van der Waals surface area (Å²) in [5.74, 6) is 2.54. The molecule has 0 aromatic heterocycles. The summed E-state index contributed by atoms with van der Waals surface area (Å²) in [4.78, 5) is 22.8. The molecule has 1 aliphatic carbocycles. The highest BCUT2D eigenvalue weighted by Crippen LogP contribution is 2.34. The highest BCUT2D eigenvalue weighted by atomic mass is 35.5. The summed E-state index contributed by atoms with van der Waals surface area (Å²) < 4.78 is 0. The first kappa shape index (κ1) is 22.1. The van der Waals surface area contributed by atoms with Crippen LogP contribution in [-0.2, 0) is 4.79 Å². The van der Waals surface area contributed by atoms with Gasteiger partial charge in [0.15, 0.2) is 0 Å². The summed E-state index contributed by atoms with van der Waals surface area (Å²) in [5, 5.41) is 0.705. The molecule has 0 bridgehead atoms. The number of piperidine rings is 1. The number of anilines is 1. The van der Waals surface area contributed by atoms with Crippen molar-refractivity contribution < 1.29 is 4.79 Å². The number of allylic oxidation sites excluding steroid dienone is 2. The van der Waals surface area contributed by atoms with Crippen LogP contribution in [0.1, 0.15) is 52.4 Å². The molecule has 31 heavy (non-hydrogen) atoms. The lowest BCUT2D eigenvalue weighted by Gasteiger charge is -2.38. The van der Waals surface area contributed by atoms with Crippen molar-refractivity contribution >= 4 is 29.0 Å². The molecule has 1 saturated carbocycles. The predicted molar refractivity (Wildman–Crippen MR) is 130 cm³/mol. The van der Waals surface area contributed by atoms with Gasteiger partial charge in [-0.2, -0.15) is 0 Å². The average molecular weight is 440 g/mol. The van der Waals surface area contributed by atoms with Crippen LogP contribution < -0.4 is 4.90 Å². The van der Waals surface area contributed by atoms with Crippen LogP contribution in [0.4, 0.5) is 5.69 Å². The van der Waals surface area contributed by atoms with Crippen molar-refractivity contribution in [3.8, 4) is 0 Å². The highest BCUT2D eigenvalue weighted by molar-refractivity contribution is 6.30. The van der Waals surface area contributed by atoms with Crippen LogP contribution in [0.25, 0.3) is 0 Å².